The van der Waals surface area contributed by atoms with Gasteiger partial charge < -0.3 is 10.0 Å². The van der Waals surface area contributed by atoms with Crippen molar-refractivity contribution in [2.24, 2.45) is 11.8 Å². The van der Waals surface area contributed by atoms with E-state index in [0.717, 1.165) is 16.7 Å². The van der Waals surface area contributed by atoms with Crippen LogP contribution in [-0.4, -0.2) is 60.8 Å². The predicted molar refractivity (Wildman–Crippen MR) is 113 cm³/mol. The third-order valence-electron chi connectivity index (χ3n) is 6.41. The van der Waals surface area contributed by atoms with Gasteiger partial charge in [0.15, 0.2) is 0 Å². The Bertz CT molecular complexity index is 991. The molecule has 7 nitrogen and oxygen atoms in total. The third kappa shape index (κ3) is 4.30. The summed E-state index contributed by atoms with van der Waals surface area (Å²) >= 11 is 0. The van der Waals surface area contributed by atoms with E-state index in [0.29, 0.717) is 23.3 Å². The van der Waals surface area contributed by atoms with Crippen molar-refractivity contribution in [3.63, 3.8) is 0 Å². The van der Waals surface area contributed by atoms with Gasteiger partial charge in [-0.15, -0.1) is 0 Å². The number of allylic oxidation sites excluding steroid dienone is 2. The van der Waals surface area contributed by atoms with Crippen LogP contribution in [0.3, 0.4) is 0 Å². The molecule has 2 aliphatic rings. The van der Waals surface area contributed by atoms with Crippen molar-refractivity contribution in [2.45, 2.75) is 45.4 Å². The summed E-state index contributed by atoms with van der Waals surface area (Å²) in [6, 6.07) is 5.36. The number of hydrogen-bond donors (Lipinski definition) is 1. The summed E-state index contributed by atoms with van der Waals surface area (Å²) in [4.78, 5) is 26.8. The zero-order valence-electron chi connectivity index (χ0n) is 18.0. The van der Waals surface area contributed by atoms with Crippen LogP contribution in [0.4, 0.5) is 0 Å². The van der Waals surface area contributed by atoms with Crippen LogP contribution in [0.2, 0.25) is 0 Å². The molecule has 2 atom stereocenters. The Morgan fingerprint density at radius 2 is 1.50 bits per heavy atom. The summed E-state index contributed by atoms with van der Waals surface area (Å²) in [5.41, 5.74) is 3.69. The maximum Gasteiger partial charge on any atom is 0.307 e. The monoisotopic (exact) mass is 434 g/mol. The average molecular weight is 435 g/mol. The number of carbonyl (C=O) groups excluding carboxylic acids is 1. The van der Waals surface area contributed by atoms with Crippen LogP contribution in [0.15, 0.2) is 34.2 Å². The van der Waals surface area contributed by atoms with E-state index in [1.165, 1.54) is 4.31 Å². The molecule has 3 rings (SSSR count). The molecule has 0 saturated carbocycles. The van der Waals surface area contributed by atoms with Gasteiger partial charge in [-0.3, -0.25) is 9.59 Å². The highest BCUT2D eigenvalue weighted by molar-refractivity contribution is 7.89. The second-order valence-corrected chi connectivity index (χ2v) is 10.4. The second kappa shape index (κ2) is 8.51. The summed E-state index contributed by atoms with van der Waals surface area (Å²) in [5.74, 6) is -2.44. The number of benzene rings is 1. The molecule has 1 aliphatic carbocycles. The summed E-state index contributed by atoms with van der Waals surface area (Å²) in [6.07, 6.45) is 0.835. The lowest BCUT2D eigenvalue weighted by Gasteiger charge is -2.38. The lowest BCUT2D eigenvalue weighted by molar-refractivity contribution is -0.151. The number of carbonyl (C=O) groups is 2. The summed E-state index contributed by atoms with van der Waals surface area (Å²) in [5, 5.41) is 9.60. The molecule has 1 N–H and O–H groups in total. The normalized spacial score (nSPS) is 23.5. The van der Waals surface area contributed by atoms with E-state index < -0.39 is 27.8 Å². The SMILES string of the molecule is CC1=C(C)C[C@@H](C(=O)O)[C@@H](C(=O)N2CCN(S(=O)(=O)c3cc(C)ccc3C)CC2)C1. The zero-order valence-corrected chi connectivity index (χ0v) is 18.8. The van der Waals surface area contributed by atoms with E-state index >= 15 is 0 Å². The molecule has 1 fully saturated rings. The lowest BCUT2D eigenvalue weighted by Crippen LogP contribution is -2.53. The number of sulfonamides is 1. The van der Waals surface area contributed by atoms with Gasteiger partial charge in [-0.2, -0.15) is 4.31 Å². The fourth-order valence-corrected chi connectivity index (χ4v) is 6.05. The van der Waals surface area contributed by atoms with E-state index in [2.05, 4.69) is 0 Å². The fraction of sp³-hybridized carbons (Fsp3) is 0.545. The first-order valence-corrected chi connectivity index (χ1v) is 11.7. The minimum atomic E-state index is -3.64. The lowest BCUT2D eigenvalue weighted by atomic mass is 9.76. The molecule has 30 heavy (non-hydrogen) atoms. The second-order valence-electron chi connectivity index (χ2n) is 8.52. The van der Waals surface area contributed by atoms with Crippen LogP contribution in [0, 0.1) is 25.7 Å². The molecule has 0 aromatic heterocycles. The van der Waals surface area contributed by atoms with E-state index in [1.54, 1.807) is 24.0 Å². The Balaban J connectivity index is 1.73. The van der Waals surface area contributed by atoms with E-state index in [4.69, 9.17) is 0 Å². The molecular weight excluding hydrogens is 404 g/mol. The molecule has 0 bridgehead atoms. The molecule has 1 saturated heterocycles. The van der Waals surface area contributed by atoms with Crippen molar-refractivity contribution >= 4 is 21.9 Å². The largest absolute Gasteiger partial charge is 0.481 e. The van der Waals surface area contributed by atoms with Crippen molar-refractivity contribution in [1.82, 2.24) is 9.21 Å². The number of carboxylic acid groups (broad SMARTS) is 1. The molecule has 1 aromatic carbocycles. The van der Waals surface area contributed by atoms with Gasteiger partial charge in [0.05, 0.1) is 16.7 Å². The van der Waals surface area contributed by atoms with Crippen LogP contribution in [0.5, 0.6) is 0 Å². The molecule has 1 amide bonds. The molecule has 0 unspecified atom stereocenters. The molecule has 1 heterocycles. The first-order chi connectivity index (χ1) is 14.0. The Kier molecular flexibility index (Phi) is 6.38. The first kappa shape index (κ1) is 22.5. The highest BCUT2D eigenvalue weighted by Gasteiger charge is 2.40. The summed E-state index contributed by atoms with van der Waals surface area (Å²) in [7, 11) is -3.64. The highest BCUT2D eigenvalue weighted by Crippen LogP contribution is 2.35. The maximum atomic E-state index is 13.1. The van der Waals surface area contributed by atoms with Gasteiger partial charge in [-0.05, 0) is 57.7 Å². The summed E-state index contributed by atoms with van der Waals surface area (Å²) < 4.78 is 27.6. The standard InChI is InChI=1S/C22H30N2O5S/c1-14-5-6-15(2)20(11-14)30(28,29)24-9-7-23(8-10-24)21(25)18-12-16(3)17(4)13-19(18)22(26)27/h5-6,11,18-19H,7-10,12-13H2,1-4H3,(H,26,27)/t18-,19+/m0/s1. The summed E-state index contributed by atoms with van der Waals surface area (Å²) in [6.45, 7) is 8.46. The van der Waals surface area contributed by atoms with Crippen molar-refractivity contribution in [3.8, 4) is 0 Å². The Morgan fingerprint density at radius 1 is 0.933 bits per heavy atom. The number of carboxylic acids is 1. The number of rotatable bonds is 4. The maximum absolute atomic E-state index is 13.1. The van der Waals surface area contributed by atoms with Crippen molar-refractivity contribution in [2.75, 3.05) is 26.2 Å². The number of aliphatic carboxylic acids is 1. The number of nitrogens with zero attached hydrogens (tertiary/aromatic N) is 2. The number of amides is 1. The quantitative estimate of drug-likeness (QED) is 0.735. The van der Waals surface area contributed by atoms with Crippen LogP contribution >= 0.6 is 0 Å². The minimum absolute atomic E-state index is 0.182. The van der Waals surface area contributed by atoms with E-state index in [-0.39, 0.29) is 32.1 Å². The highest BCUT2D eigenvalue weighted by atomic mass is 32.2. The number of hydrogen-bond acceptors (Lipinski definition) is 4. The minimum Gasteiger partial charge on any atom is -0.481 e. The average Bonchev–Trinajstić information content (AvgIpc) is 2.70. The third-order valence-corrected chi connectivity index (χ3v) is 8.45. The fourth-order valence-electron chi connectivity index (χ4n) is 4.32. The van der Waals surface area contributed by atoms with E-state index in [1.807, 2.05) is 26.8 Å². The molecule has 0 radical (unpaired) electrons. The van der Waals surface area contributed by atoms with Gasteiger partial charge in [-0.1, -0.05) is 23.3 Å². The van der Waals surface area contributed by atoms with Crippen molar-refractivity contribution in [1.29, 1.82) is 0 Å². The molecule has 8 heteroatoms. The van der Waals surface area contributed by atoms with Crippen LogP contribution in [0.25, 0.3) is 0 Å². The Labute approximate surface area is 178 Å². The van der Waals surface area contributed by atoms with Gasteiger partial charge in [0.2, 0.25) is 15.9 Å². The molecular formula is C22H30N2O5S. The molecule has 1 aliphatic heterocycles. The van der Waals surface area contributed by atoms with Gasteiger partial charge in [0.1, 0.15) is 0 Å². The smallest absolute Gasteiger partial charge is 0.307 e. The molecule has 0 spiro atoms. The Hall–Kier alpha value is -2.19. The number of piperazine rings is 1. The van der Waals surface area contributed by atoms with Crippen LogP contribution < -0.4 is 0 Å². The van der Waals surface area contributed by atoms with Crippen LogP contribution in [0.1, 0.15) is 37.8 Å². The Morgan fingerprint density at radius 3 is 2.07 bits per heavy atom. The van der Waals surface area contributed by atoms with E-state index in [9.17, 15) is 23.1 Å². The zero-order chi connectivity index (χ0) is 22.2. The predicted octanol–water partition coefficient (Wildman–Crippen LogP) is 2.58. The topological polar surface area (TPSA) is 95.0 Å². The van der Waals surface area contributed by atoms with Crippen molar-refractivity contribution in [3.05, 3.63) is 40.5 Å². The van der Waals surface area contributed by atoms with Gasteiger partial charge in [0.25, 0.3) is 0 Å². The van der Waals surface area contributed by atoms with Gasteiger partial charge in [-0.25, -0.2) is 8.42 Å². The van der Waals surface area contributed by atoms with Gasteiger partial charge >= 0.3 is 5.97 Å². The van der Waals surface area contributed by atoms with Gasteiger partial charge in [0, 0.05) is 26.2 Å². The first-order valence-electron chi connectivity index (χ1n) is 10.3. The molecule has 1 aromatic rings. The number of aryl methyl sites for hydroxylation is 2. The van der Waals surface area contributed by atoms with Crippen LogP contribution in [-0.2, 0) is 19.6 Å². The van der Waals surface area contributed by atoms with Crippen molar-refractivity contribution < 1.29 is 23.1 Å². The molecule has 164 valence electrons.